The van der Waals surface area contributed by atoms with Crippen LogP contribution in [0.15, 0.2) is 0 Å². The lowest BCUT2D eigenvalue weighted by Gasteiger charge is -2.17. The molecular formula is C13H29NO4. The van der Waals surface area contributed by atoms with Gasteiger partial charge in [-0.05, 0) is 12.8 Å². The van der Waals surface area contributed by atoms with Crippen LogP contribution in [-0.4, -0.2) is 61.9 Å². The molecule has 0 aliphatic carbocycles. The Bertz CT molecular complexity index is 165. The predicted molar refractivity (Wildman–Crippen MR) is 71.7 cm³/mol. The molecule has 2 unspecified atom stereocenters. The summed E-state index contributed by atoms with van der Waals surface area (Å²) in [5, 5.41) is 21.7. The maximum Gasteiger partial charge on any atom is 0.0897 e. The van der Waals surface area contributed by atoms with Crippen LogP contribution < -0.4 is 5.32 Å². The molecule has 0 amide bonds. The van der Waals surface area contributed by atoms with Crippen molar-refractivity contribution in [1.29, 1.82) is 0 Å². The Morgan fingerprint density at radius 1 is 1.11 bits per heavy atom. The normalized spacial score (nSPS) is 14.7. The number of hydrogen-bond acceptors (Lipinski definition) is 5. The maximum absolute atomic E-state index is 9.62. The molecule has 0 saturated carbocycles. The van der Waals surface area contributed by atoms with E-state index in [-0.39, 0.29) is 12.6 Å². The summed E-state index contributed by atoms with van der Waals surface area (Å²) < 4.78 is 10.6. The smallest absolute Gasteiger partial charge is 0.0897 e. The molecule has 5 heteroatoms. The standard InChI is InChI=1S/C13H29NO4/c1-3-5-6-17-7-8-18-11-13(16)9-14-12(4-2)10-15/h12-16H,3-11H2,1-2H3. The van der Waals surface area contributed by atoms with E-state index in [0.29, 0.717) is 26.4 Å². The van der Waals surface area contributed by atoms with E-state index in [2.05, 4.69) is 12.2 Å². The zero-order valence-electron chi connectivity index (χ0n) is 11.7. The SMILES string of the molecule is CCCCOCCOCC(O)CNC(CC)CO. The van der Waals surface area contributed by atoms with E-state index >= 15 is 0 Å². The summed E-state index contributed by atoms with van der Waals surface area (Å²) in [5.74, 6) is 0. The number of nitrogens with one attached hydrogen (secondary N) is 1. The fourth-order valence-electron chi connectivity index (χ4n) is 1.39. The van der Waals surface area contributed by atoms with Crippen LogP contribution in [0.2, 0.25) is 0 Å². The predicted octanol–water partition coefficient (Wildman–Crippen LogP) is 0.541. The number of unbranched alkanes of at least 4 members (excludes halogenated alkanes) is 1. The van der Waals surface area contributed by atoms with Crippen LogP contribution in [0, 0.1) is 0 Å². The molecule has 2 atom stereocenters. The van der Waals surface area contributed by atoms with E-state index in [0.717, 1.165) is 25.9 Å². The van der Waals surface area contributed by atoms with Crippen molar-refractivity contribution in [1.82, 2.24) is 5.32 Å². The van der Waals surface area contributed by atoms with Gasteiger partial charge < -0.3 is 25.0 Å². The van der Waals surface area contributed by atoms with Crippen LogP contribution in [0.5, 0.6) is 0 Å². The van der Waals surface area contributed by atoms with Gasteiger partial charge in [-0.2, -0.15) is 0 Å². The molecule has 0 aliphatic heterocycles. The third kappa shape index (κ3) is 10.9. The Morgan fingerprint density at radius 3 is 2.44 bits per heavy atom. The summed E-state index contributed by atoms with van der Waals surface area (Å²) in [7, 11) is 0. The Morgan fingerprint density at radius 2 is 1.83 bits per heavy atom. The molecule has 0 fully saturated rings. The first-order valence-corrected chi connectivity index (χ1v) is 6.92. The van der Waals surface area contributed by atoms with Gasteiger partial charge in [0.05, 0.1) is 32.5 Å². The molecule has 0 aromatic heterocycles. The molecule has 0 rings (SSSR count). The summed E-state index contributed by atoms with van der Waals surface area (Å²) in [6.07, 6.45) is 2.51. The molecule has 3 N–H and O–H groups in total. The molecule has 0 spiro atoms. The van der Waals surface area contributed by atoms with E-state index in [1.165, 1.54) is 0 Å². The summed E-state index contributed by atoms with van der Waals surface area (Å²) >= 11 is 0. The molecular weight excluding hydrogens is 234 g/mol. The lowest BCUT2D eigenvalue weighted by Crippen LogP contribution is -2.39. The average molecular weight is 263 g/mol. The molecule has 0 aromatic carbocycles. The van der Waals surface area contributed by atoms with Gasteiger partial charge >= 0.3 is 0 Å². The Balaban J connectivity index is 3.28. The molecule has 110 valence electrons. The van der Waals surface area contributed by atoms with Gasteiger partial charge in [0.15, 0.2) is 0 Å². The zero-order chi connectivity index (χ0) is 13.6. The Labute approximate surface area is 110 Å². The van der Waals surface area contributed by atoms with E-state index < -0.39 is 6.10 Å². The lowest BCUT2D eigenvalue weighted by molar-refractivity contribution is 0.00265. The summed E-state index contributed by atoms with van der Waals surface area (Å²) in [6.45, 7) is 6.81. The van der Waals surface area contributed by atoms with E-state index in [1.54, 1.807) is 0 Å². The minimum atomic E-state index is -0.541. The van der Waals surface area contributed by atoms with Gasteiger partial charge in [0, 0.05) is 19.2 Å². The van der Waals surface area contributed by atoms with Crippen molar-refractivity contribution >= 4 is 0 Å². The Kier molecular flexibility index (Phi) is 13.1. The van der Waals surface area contributed by atoms with Crippen LogP contribution in [0.4, 0.5) is 0 Å². The zero-order valence-corrected chi connectivity index (χ0v) is 11.7. The number of aliphatic hydroxyl groups excluding tert-OH is 2. The fraction of sp³-hybridized carbons (Fsp3) is 1.00. The molecule has 0 heterocycles. The van der Waals surface area contributed by atoms with Crippen molar-refractivity contribution in [2.45, 2.75) is 45.3 Å². The highest BCUT2D eigenvalue weighted by Crippen LogP contribution is 1.92. The van der Waals surface area contributed by atoms with E-state index in [9.17, 15) is 5.11 Å². The van der Waals surface area contributed by atoms with Gasteiger partial charge in [0.25, 0.3) is 0 Å². The van der Waals surface area contributed by atoms with Gasteiger partial charge in [-0.1, -0.05) is 20.3 Å². The van der Waals surface area contributed by atoms with Crippen molar-refractivity contribution in [2.75, 3.05) is 39.6 Å². The summed E-state index contributed by atoms with van der Waals surface area (Å²) in [5.41, 5.74) is 0. The van der Waals surface area contributed by atoms with Crippen LogP contribution in [-0.2, 0) is 9.47 Å². The second kappa shape index (κ2) is 13.2. The molecule has 0 saturated heterocycles. The molecule has 0 radical (unpaired) electrons. The highest BCUT2D eigenvalue weighted by molar-refractivity contribution is 4.66. The van der Waals surface area contributed by atoms with Crippen molar-refractivity contribution in [3.63, 3.8) is 0 Å². The fourth-order valence-corrected chi connectivity index (χ4v) is 1.39. The van der Waals surface area contributed by atoms with Crippen molar-refractivity contribution in [3.05, 3.63) is 0 Å². The summed E-state index contributed by atoms with van der Waals surface area (Å²) in [4.78, 5) is 0. The van der Waals surface area contributed by atoms with Gasteiger partial charge in [0.2, 0.25) is 0 Å². The highest BCUT2D eigenvalue weighted by atomic mass is 16.5. The minimum Gasteiger partial charge on any atom is -0.395 e. The second-order valence-corrected chi connectivity index (χ2v) is 4.39. The lowest BCUT2D eigenvalue weighted by atomic mass is 10.2. The van der Waals surface area contributed by atoms with Gasteiger partial charge in [-0.15, -0.1) is 0 Å². The van der Waals surface area contributed by atoms with E-state index in [1.807, 2.05) is 6.92 Å². The largest absolute Gasteiger partial charge is 0.395 e. The number of ether oxygens (including phenoxy) is 2. The second-order valence-electron chi connectivity index (χ2n) is 4.39. The monoisotopic (exact) mass is 263 g/mol. The van der Waals surface area contributed by atoms with Crippen molar-refractivity contribution < 1.29 is 19.7 Å². The van der Waals surface area contributed by atoms with Gasteiger partial charge in [-0.25, -0.2) is 0 Å². The minimum absolute atomic E-state index is 0.0528. The first-order chi connectivity index (χ1) is 8.74. The molecule has 0 aromatic rings. The van der Waals surface area contributed by atoms with Crippen molar-refractivity contribution in [3.8, 4) is 0 Å². The van der Waals surface area contributed by atoms with Crippen LogP contribution in [0.1, 0.15) is 33.1 Å². The third-order valence-electron chi connectivity index (χ3n) is 2.68. The number of rotatable bonds is 13. The maximum atomic E-state index is 9.62. The topological polar surface area (TPSA) is 71.0 Å². The van der Waals surface area contributed by atoms with Gasteiger partial charge in [-0.3, -0.25) is 0 Å². The van der Waals surface area contributed by atoms with E-state index in [4.69, 9.17) is 14.6 Å². The van der Waals surface area contributed by atoms with Crippen LogP contribution >= 0.6 is 0 Å². The molecule has 0 bridgehead atoms. The average Bonchev–Trinajstić information content (AvgIpc) is 2.39. The third-order valence-corrected chi connectivity index (χ3v) is 2.68. The number of aliphatic hydroxyl groups is 2. The molecule has 18 heavy (non-hydrogen) atoms. The summed E-state index contributed by atoms with van der Waals surface area (Å²) in [6, 6.07) is 0.0528. The highest BCUT2D eigenvalue weighted by Gasteiger charge is 2.08. The molecule has 0 aliphatic rings. The first kappa shape index (κ1) is 17.8. The Hall–Kier alpha value is -0.200. The first-order valence-electron chi connectivity index (χ1n) is 6.92. The quantitative estimate of drug-likeness (QED) is 0.423. The molecule has 5 nitrogen and oxygen atoms in total. The van der Waals surface area contributed by atoms with Gasteiger partial charge in [0.1, 0.15) is 0 Å². The van der Waals surface area contributed by atoms with Crippen LogP contribution in [0.25, 0.3) is 0 Å². The van der Waals surface area contributed by atoms with Crippen molar-refractivity contribution in [2.24, 2.45) is 0 Å². The van der Waals surface area contributed by atoms with Crippen LogP contribution in [0.3, 0.4) is 0 Å². The number of hydrogen-bond donors (Lipinski definition) is 3.